The van der Waals surface area contributed by atoms with Crippen LogP contribution < -0.4 is 4.90 Å². The van der Waals surface area contributed by atoms with E-state index in [0.29, 0.717) is 6.42 Å². The number of hydrogen-bond acceptors (Lipinski definition) is 4. The molecule has 1 atom stereocenters. The zero-order valence-electron chi connectivity index (χ0n) is 10.1. The van der Waals surface area contributed by atoms with Crippen LogP contribution in [0.1, 0.15) is 12.8 Å². The second-order valence-corrected chi connectivity index (χ2v) is 5.46. The standard InChI is InChI=1S/C13H12BrN3O2/c14-8-6-9-12(16-7-8)10(3-4-15-9)17-5-1-2-11(17)13(18)19/h3-4,6-7,11H,1-2,5H2,(H,18,19). The van der Waals surface area contributed by atoms with Gasteiger partial charge in [0.15, 0.2) is 0 Å². The number of hydrogen-bond donors (Lipinski definition) is 1. The maximum absolute atomic E-state index is 11.3. The van der Waals surface area contributed by atoms with Crippen molar-refractivity contribution in [2.24, 2.45) is 0 Å². The molecule has 6 heteroatoms. The van der Waals surface area contributed by atoms with Gasteiger partial charge in [0.25, 0.3) is 0 Å². The summed E-state index contributed by atoms with van der Waals surface area (Å²) >= 11 is 3.37. The Labute approximate surface area is 118 Å². The number of nitrogens with zero attached hydrogens (tertiary/aromatic N) is 3. The minimum Gasteiger partial charge on any atom is -0.480 e. The second kappa shape index (κ2) is 4.77. The number of carboxylic acids is 1. The SMILES string of the molecule is O=C(O)C1CCCN1c1ccnc2cc(Br)cnc12. The molecule has 98 valence electrons. The topological polar surface area (TPSA) is 66.3 Å². The van der Waals surface area contributed by atoms with Crippen molar-refractivity contribution < 1.29 is 9.90 Å². The third kappa shape index (κ3) is 2.16. The van der Waals surface area contributed by atoms with Crippen molar-refractivity contribution in [1.82, 2.24) is 9.97 Å². The summed E-state index contributed by atoms with van der Waals surface area (Å²) in [5.74, 6) is -0.778. The number of aliphatic carboxylic acids is 1. The summed E-state index contributed by atoms with van der Waals surface area (Å²) < 4.78 is 0.862. The fraction of sp³-hybridized carbons (Fsp3) is 0.308. The number of carboxylic acid groups (broad SMARTS) is 1. The first-order valence-electron chi connectivity index (χ1n) is 6.06. The molecule has 2 aromatic heterocycles. The van der Waals surface area contributed by atoms with Gasteiger partial charge in [0.05, 0.1) is 11.2 Å². The number of pyridine rings is 2. The second-order valence-electron chi connectivity index (χ2n) is 4.54. The van der Waals surface area contributed by atoms with Gasteiger partial charge in [-0.15, -0.1) is 0 Å². The number of halogens is 1. The molecular weight excluding hydrogens is 310 g/mol. The lowest BCUT2D eigenvalue weighted by atomic mass is 10.2. The molecule has 1 aliphatic heterocycles. The van der Waals surface area contributed by atoms with E-state index >= 15 is 0 Å². The highest BCUT2D eigenvalue weighted by Gasteiger charge is 2.31. The number of anilines is 1. The van der Waals surface area contributed by atoms with E-state index in [9.17, 15) is 9.90 Å². The molecule has 0 saturated carbocycles. The minimum atomic E-state index is -0.778. The van der Waals surface area contributed by atoms with Gasteiger partial charge >= 0.3 is 5.97 Å². The molecule has 1 aliphatic rings. The number of fused-ring (bicyclic) bond motifs is 1. The van der Waals surface area contributed by atoms with Gasteiger partial charge in [0.2, 0.25) is 0 Å². The highest BCUT2D eigenvalue weighted by Crippen LogP contribution is 2.31. The van der Waals surface area contributed by atoms with E-state index in [1.807, 2.05) is 17.0 Å². The maximum Gasteiger partial charge on any atom is 0.326 e. The Morgan fingerprint density at radius 3 is 3.11 bits per heavy atom. The van der Waals surface area contributed by atoms with Gasteiger partial charge in [-0.2, -0.15) is 0 Å². The van der Waals surface area contributed by atoms with Gasteiger partial charge in [-0.3, -0.25) is 9.97 Å². The van der Waals surface area contributed by atoms with E-state index < -0.39 is 12.0 Å². The van der Waals surface area contributed by atoms with E-state index in [-0.39, 0.29) is 0 Å². The van der Waals surface area contributed by atoms with E-state index in [2.05, 4.69) is 25.9 Å². The Hall–Kier alpha value is -1.69. The van der Waals surface area contributed by atoms with Crippen molar-refractivity contribution in [3.05, 3.63) is 29.0 Å². The molecule has 3 heterocycles. The molecule has 0 radical (unpaired) electrons. The molecule has 19 heavy (non-hydrogen) atoms. The van der Waals surface area contributed by atoms with Crippen molar-refractivity contribution in [3.63, 3.8) is 0 Å². The minimum absolute atomic E-state index is 0.462. The lowest BCUT2D eigenvalue weighted by molar-refractivity contribution is -0.138. The molecule has 2 aromatic rings. The summed E-state index contributed by atoms with van der Waals surface area (Å²) in [4.78, 5) is 21.9. The van der Waals surface area contributed by atoms with Crippen LogP contribution in [-0.4, -0.2) is 33.6 Å². The van der Waals surface area contributed by atoms with E-state index in [4.69, 9.17) is 0 Å². The van der Waals surface area contributed by atoms with Crippen molar-refractivity contribution in [2.75, 3.05) is 11.4 Å². The zero-order valence-corrected chi connectivity index (χ0v) is 11.7. The Morgan fingerprint density at radius 2 is 2.32 bits per heavy atom. The predicted molar refractivity (Wildman–Crippen MR) is 75.2 cm³/mol. The third-order valence-electron chi connectivity index (χ3n) is 3.37. The van der Waals surface area contributed by atoms with Gasteiger partial charge in [0.1, 0.15) is 11.6 Å². The summed E-state index contributed by atoms with van der Waals surface area (Å²) in [5.41, 5.74) is 2.36. The van der Waals surface area contributed by atoms with Crippen molar-refractivity contribution >= 4 is 38.6 Å². The molecule has 0 bridgehead atoms. The molecule has 0 spiro atoms. The van der Waals surface area contributed by atoms with Crippen LogP contribution >= 0.6 is 15.9 Å². The van der Waals surface area contributed by atoms with E-state index in [0.717, 1.165) is 34.2 Å². The molecule has 3 rings (SSSR count). The molecule has 1 saturated heterocycles. The maximum atomic E-state index is 11.3. The van der Waals surface area contributed by atoms with E-state index in [1.165, 1.54) is 0 Å². The molecular formula is C13H12BrN3O2. The van der Waals surface area contributed by atoms with Gasteiger partial charge in [0, 0.05) is 23.4 Å². The van der Waals surface area contributed by atoms with Crippen LogP contribution in [0.2, 0.25) is 0 Å². The van der Waals surface area contributed by atoms with Crippen molar-refractivity contribution in [3.8, 4) is 0 Å². The average Bonchev–Trinajstić information content (AvgIpc) is 2.86. The van der Waals surface area contributed by atoms with Crippen LogP contribution in [0.25, 0.3) is 11.0 Å². The normalized spacial score (nSPS) is 19.0. The van der Waals surface area contributed by atoms with Crippen LogP contribution in [0.5, 0.6) is 0 Å². The largest absolute Gasteiger partial charge is 0.480 e. The third-order valence-corrected chi connectivity index (χ3v) is 3.80. The molecule has 1 N–H and O–H groups in total. The Balaban J connectivity index is 2.12. The molecule has 0 aromatic carbocycles. The average molecular weight is 322 g/mol. The van der Waals surface area contributed by atoms with Crippen LogP contribution in [-0.2, 0) is 4.79 Å². The zero-order chi connectivity index (χ0) is 13.4. The summed E-state index contributed by atoms with van der Waals surface area (Å²) in [6, 6.07) is 3.26. The summed E-state index contributed by atoms with van der Waals surface area (Å²) in [6.07, 6.45) is 4.97. The lowest BCUT2D eigenvalue weighted by Gasteiger charge is -2.24. The Bertz CT molecular complexity index is 647. The highest BCUT2D eigenvalue weighted by molar-refractivity contribution is 9.10. The first kappa shape index (κ1) is 12.3. The predicted octanol–water partition coefficient (Wildman–Crippen LogP) is 2.45. The van der Waals surface area contributed by atoms with Crippen LogP contribution in [0, 0.1) is 0 Å². The molecule has 0 amide bonds. The van der Waals surface area contributed by atoms with Crippen molar-refractivity contribution in [1.29, 1.82) is 0 Å². The molecule has 1 unspecified atom stereocenters. The van der Waals surface area contributed by atoms with Gasteiger partial charge in [-0.05, 0) is 40.9 Å². The first-order chi connectivity index (χ1) is 9.16. The smallest absolute Gasteiger partial charge is 0.326 e. The Morgan fingerprint density at radius 1 is 1.47 bits per heavy atom. The van der Waals surface area contributed by atoms with Crippen LogP contribution in [0.15, 0.2) is 29.0 Å². The van der Waals surface area contributed by atoms with E-state index in [1.54, 1.807) is 12.4 Å². The van der Waals surface area contributed by atoms with Crippen LogP contribution in [0.3, 0.4) is 0 Å². The monoisotopic (exact) mass is 321 g/mol. The number of carbonyl (C=O) groups is 1. The Kier molecular flexibility index (Phi) is 3.10. The molecule has 0 aliphatic carbocycles. The fourth-order valence-corrected chi connectivity index (χ4v) is 2.85. The quantitative estimate of drug-likeness (QED) is 0.920. The number of aromatic nitrogens is 2. The van der Waals surface area contributed by atoms with Crippen molar-refractivity contribution in [2.45, 2.75) is 18.9 Å². The lowest BCUT2D eigenvalue weighted by Crippen LogP contribution is -2.36. The number of rotatable bonds is 2. The summed E-state index contributed by atoms with van der Waals surface area (Å²) in [5, 5.41) is 9.28. The van der Waals surface area contributed by atoms with Gasteiger partial charge in [-0.25, -0.2) is 4.79 Å². The van der Waals surface area contributed by atoms with Gasteiger partial charge < -0.3 is 10.0 Å². The molecule has 1 fully saturated rings. The fourth-order valence-electron chi connectivity index (χ4n) is 2.54. The highest BCUT2D eigenvalue weighted by atomic mass is 79.9. The first-order valence-corrected chi connectivity index (χ1v) is 6.86. The molecule has 5 nitrogen and oxygen atoms in total. The van der Waals surface area contributed by atoms with Gasteiger partial charge in [-0.1, -0.05) is 0 Å². The summed E-state index contributed by atoms with van der Waals surface area (Å²) in [7, 11) is 0. The van der Waals surface area contributed by atoms with Crippen LogP contribution in [0.4, 0.5) is 5.69 Å². The summed E-state index contributed by atoms with van der Waals surface area (Å²) in [6.45, 7) is 0.744.